The Morgan fingerprint density at radius 1 is 0.311 bits per heavy atom. The van der Waals surface area contributed by atoms with E-state index in [0.29, 0.717) is 35.1 Å². The Kier molecular flexibility index (Phi) is 37.1. The summed E-state index contributed by atoms with van der Waals surface area (Å²) < 4.78 is 12.1. The van der Waals surface area contributed by atoms with Crippen molar-refractivity contribution in [3.05, 3.63) is 48.5 Å². The van der Waals surface area contributed by atoms with E-state index in [1.807, 2.05) is 48.5 Å². The van der Waals surface area contributed by atoms with Crippen LogP contribution in [0, 0.1) is 0 Å². The maximum absolute atomic E-state index is 11.4. The van der Waals surface area contributed by atoms with Crippen molar-refractivity contribution in [1.29, 1.82) is 0 Å². The van der Waals surface area contributed by atoms with E-state index in [1.54, 1.807) is 0 Å². The first kappa shape index (κ1) is 55.3. The van der Waals surface area contributed by atoms with E-state index in [9.17, 15) is 9.59 Å². The zero-order valence-corrected chi connectivity index (χ0v) is 41.5. The van der Waals surface area contributed by atoms with Crippen molar-refractivity contribution < 1.29 is 19.1 Å². The quantitative estimate of drug-likeness (QED) is 0.0514. The topological polar surface area (TPSA) is 58.9 Å². The molecule has 2 rings (SSSR count). The number of rotatable bonds is 46. The molecule has 0 aliphatic rings. The first-order valence-corrected chi connectivity index (χ1v) is 28.9. The van der Waals surface area contributed by atoms with Gasteiger partial charge in [0.1, 0.15) is 11.5 Å². The van der Waals surface area contributed by atoms with Crippen LogP contribution in [0.5, 0.6) is 11.5 Å². The van der Waals surface area contributed by atoms with Gasteiger partial charge < -0.3 is 19.1 Å². The average Bonchev–Trinajstić information content (AvgIpc) is 3.27. The summed E-state index contributed by atoms with van der Waals surface area (Å²) in [5.41, 5.74) is 0. The first-order valence-electron chi connectivity index (χ1n) is 27.0. The number of unbranched alkanes of at least 4 members (excludes halogenated alkanes) is 38. The van der Waals surface area contributed by atoms with Gasteiger partial charge in [-0.2, -0.15) is 0 Å². The van der Waals surface area contributed by atoms with E-state index in [2.05, 4.69) is 13.8 Å². The SMILES string of the molecule is CCCCCCCCCCCCCCCCCCCCCCOc1cccc([Si](O)(O)c2cccc(OCCCCCCCCCCCCCCCCCCCCCC)c2)c1. The molecule has 0 radical (unpaired) electrons. The van der Waals surface area contributed by atoms with Crippen LogP contribution in [0.15, 0.2) is 48.5 Å². The summed E-state index contributed by atoms with van der Waals surface area (Å²) >= 11 is 0. The molecule has 61 heavy (non-hydrogen) atoms. The van der Waals surface area contributed by atoms with E-state index in [-0.39, 0.29) is 0 Å². The second kappa shape index (κ2) is 40.9. The van der Waals surface area contributed by atoms with Crippen LogP contribution in [0.25, 0.3) is 0 Å². The molecule has 2 N–H and O–H groups in total. The van der Waals surface area contributed by atoms with Crippen molar-refractivity contribution >= 4 is 18.9 Å². The average molecular weight is 865 g/mol. The van der Waals surface area contributed by atoms with Gasteiger partial charge in [-0.05, 0) is 37.1 Å². The highest BCUT2D eigenvalue weighted by Gasteiger charge is 2.35. The van der Waals surface area contributed by atoms with Crippen molar-refractivity contribution in [3.8, 4) is 11.5 Å². The van der Waals surface area contributed by atoms with Gasteiger partial charge >= 0.3 is 8.56 Å². The minimum absolute atomic E-state index is 0.541. The lowest BCUT2D eigenvalue weighted by molar-refractivity contribution is 0.304. The van der Waals surface area contributed by atoms with Crippen molar-refractivity contribution in [2.75, 3.05) is 13.2 Å². The van der Waals surface area contributed by atoms with Gasteiger partial charge in [0.2, 0.25) is 0 Å². The molecule has 0 saturated carbocycles. The molecule has 0 saturated heterocycles. The Labute approximate surface area is 380 Å². The highest BCUT2D eigenvalue weighted by molar-refractivity contribution is 6.90. The highest BCUT2D eigenvalue weighted by atomic mass is 28.4. The molecule has 0 aliphatic carbocycles. The Bertz CT molecular complexity index is 1130. The fourth-order valence-electron chi connectivity index (χ4n) is 8.87. The number of hydrogen-bond donors (Lipinski definition) is 2. The predicted molar refractivity (Wildman–Crippen MR) is 269 cm³/mol. The smallest absolute Gasteiger partial charge is 0.401 e. The van der Waals surface area contributed by atoms with Crippen molar-refractivity contribution in [2.24, 2.45) is 0 Å². The highest BCUT2D eigenvalue weighted by Crippen LogP contribution is 2.18. The van der Waals surface area contributed by atoms with E-state index < -0.39 is 8.56 Å². The first-order chi connectivity index (χ1) is 30.1. The number of benzene rings is 2. The third-order valence-electron chi connectivity index (χ3n) is 13.0. The molecule has 352 valence electrons. The maximum Gasteiger partial charge on any atom is 0.401 e. The van der Waals surface area contributed by atoms with Crippen molar-refractivity contribution in [1.82, 2.24) is 0 Å². The molecule has 0 amide bonds. The van der Waals surface area contributed by atoms with Gasteiger partial charge in [-0.25, -0.2) is 0 Å². The summed E-state index contributed by atoms with van der Waals surface area (Å²) in [6.45, 7) is 5.92. The van der Waals surface area contributed by atoms with E-state index >= 15 is 0 Å². The van der Waals surface area contributed by atoms with Gasteiger partial charge in [-0.3, -0.25) is 0 Å². The molecule has 4 nitrogen and oxygen atoms in total. The van der Waals surface area contributed by atoms with E-state index in [0.717, 1.165) is 12.8 Å². The van der Waals surface area contributed by atoms with Gasteiger partial charge in [0, 0.05) is 10.4 Å². The maximum atomic E-state index is 11.4. The molecule has 0 spiro atoms. The molecule has 0 aromatic heterocycles. The van der Waals surface area contributed by atoms with Gasteiger partial charge in [-0.15, -0.1) is 0 Å². The molecule has 0 aliphatic heterocycles. The minimum Gasteiger partial charge on any atom is -0.494 e. The van der Waals surface area contributed by atoms with Crippen LogP contribution in [0.4, 0.5) is 0 Å². The van der Waals surface area contributed by atoms with E-state index in [1.165, 1.54) is 244 Å². The van der Waals surface area contributed by atoms with Gasteiger partial charge in [0.25, 0.3) is 0 Å². The summed E-state index contributed by atoms with van der Waals surface area (Å²) in [6, 6.07) is 14.8. The normalized spacial score (nSPS) is 11.7. The summed E-state index contributed by atoms with van der Waals surface area (Å²) in [6.07, 6.45) is 55.1. The Balaban J connectivity index is 1.43. The summed E-state index contributed by atoms with van der Waals surface area (Å²) in [5.74, 6) is 1.42. The van der Waals surface area contributed by atoms with Crippen LogP contribution in [-0.4, -0.2) is 31.4 Å². The second-order valence-electron chi connectivity index (χ2n) is 18.9. The zero-order valence-electron chi connectivity index (χ0n) is 40.5. The van der Waals surface area contributed by atoms with Crippen LogP contribution < -0.4 is 19.8 Å². The van der Waals surface area contributed by atoms with Gasteiger partial charge in [0.05, 0.1) is 13.2 Å². The van der Waals surface area contributed by atoms with Gasteiger partial charge in [-0.1, -0.05) is 282 Å². The fourth-order valence-corrected chi connectivity index (χ4v) is 10.5. The van der Waals surface area contributed by atoms with Crippen LogP contribution in [0.1, 0.15) is 271 Å². The molecule has 5 heteroatoms. The Morgan fingerprint density at radius 2 is 0.525 bits per heavy atom. The largest absolute Gasteiger partial charge is 0.494 e. The third-order valence-corrected chi connectivity index (χ3v) is 15.2. The van der Waals surface area contributed by atoms with E-state index in [4.69, 9.17) is 9.47 Å². The Morgan fingerprint density at radius 3 is 0.754 bits per heavy atom. The van der Waals surface area contributed by atoms with Crippen molar-refractivity contribution in [3.63, 3.8) is 0 Å². The molecule has 2 aromatic carbocycles. The lowest BCUT2D eigenvalue weighted by Gasteiger charge is -2.20. The minimum atomic E-state index is -3.87. The van der Waals surface area contributed by atoms with Gasteiger partial charge in [0.15, 0.2) is 0 Å². The second-order valence-corrected chi connectivity index (χ2v) is 21.4. The molecule has 0 bridgehead atoms. The van der Waals surface area contributed by atoms with Crippen LogP contribution >= 0.6 is 0 Å². The third kappa shape index (κ3) is 31.6. The molecule has 0 unspecified atom stereocenters. The molecular weight excluding hydrogens is 765 g/mol. The summed E-state index contributed by atoms with van der Waals surface area (Å²) in [5, 5.41) is 1.08. The van der Waals surface area contributed by atoms with Crippen LogP contribution in [-0.2, 0) is 0 Å². The van der Waals surface area contributed by atoms with Crippen molar-refractivity contribution in [2.45, 2.75) is 271 Å². The molecule has 0 heterocycles. The standard InChI is InChI=1S/C56H100O4Si/c1-3-5-7-9-11-13-15-17-19-21-23-25-27-29-31-33-35-37-39-41-49-59-53-45-43-47-55(51-53)61(57,58)56-48-44-46-54(52-56)60-50-42-40-38-36-34-32-30-28-26-24-22-20-18-16-14-12-10-8-6-4-2/h43-48,51-52,57-58H,3-42,49-50H2,1-2H3. The molecule has 2 aromatic rings. The zero-order chi connectivity index (χ0) is 43.6. The predicted octanol–water partition coefficient (Wildman–Crippen LogP) is 16.6. The molecule has 0 fully saturated rings. The summed E-state index contributed by atoms with van der Waals surface area (Å²) in [7, 11) is -3.87. The lowest BCUT2D eigenvalue weighted by Crippen LogP contribution is -2.59. The lowest BCUT2D eigenvalue weighted by atomic mass is 10.0. The van der Waals surface area contributed by atoms with Crippen LogP contribution in [0.2, 0.25) is 0 Å². The fraction of sp³-hybridized carbons (Fsp3) is 0.786. The Hall–Kier alpha value is -1.82. The summed E-state index contributed by atoms with van der Waals surface area (Å²) in [4.78, 5) is 22.8. The molecular formula is C56H100O4Si. The van der Waals surface area contributed by atoms with Crippen LogP contribution in [0.3, 0.4) is 0 Å². The number of hydrogen-bond acceptors (Lipinski definition) is 4. The number of ether oxygens (including phenoxy) is 2. The molecule has 0 atom stereocenters. The monoisotopic (exact) mass is 865 g/mol.